The molecule has 1 atom stereocenters. The Morgan fingerprint density at radius 1 is 1.14 bits per heavy atom. The van der Waals surface area contributed by atoms with Gasteiger partial charge in [0.2, 0.25) is 0 Å². The van der Waals surface area contributed by atoms with Gasteiger partial charge in [0, 0.05) is 6.61 Å². The summed E-state index contributed by atoms with van der Waals surface area (Å²) in [5, 5.41) is 8.88. The average Bonchev–Trinajstić information content (AvgIpc) is 2.18. The van der Waals surface area contributed by atoms with Crippen LogP contribution in [0.2, 0.25) is 0 Å². The van der Waals surface area contributed by atoms with Crippen molar-refractivity contribution in [2.45, 2.75) is 39.0 Å². The largest absolute Gasteiger partial charge is 0.396 e. The molecule has 1 N–H and O–H groups in total. The fourth-order valence-electron chi connectivity index (χ4n) is 1.58. The van der Waals surface area contributed by atoms with E-state index in [-0.39, 0.29) is 6.61 Å². The van der Waals surface area contributed by atoms with Crippen molar-refractivity contribution in [1.82, 2.24) is 0 Å². The molecule has 1 heteroatoms. The van der Waals surface area contributed by atoms with Crippen molar-refractivity contribution < 1.29 is 5.11 Å². The molecule has 1 aromatic rings. The van der Waals surface area contributed by atoms with Crippen LogP contribution in [0, 0.1) is 0 Å². The summed E-state index contributed by atoms with van der Waals surface area (Å²) in [6.45, 7) is 6.84. The lowest BCUT2D eigenvalue weighted by Crippen LogP contribution is -1.98. The van der Waals surface area contributed by atoms with E-state index in [1.807, 2.05) is 0 Å². The Labute approximate surface area is 86.8 Å². The number of hydrogen-bond donors (Lipinski definition) is 1. The predicted molar refractivity (Wildman–Crippen MR) is 60.6 cm³/mol. The van der Waals surface area contributed by atoms with Gasteiger partial charge in [0.25, 0.3) is 0 Å². The van der Waals surface area contributed by atoms with Gasteiger partial charge in [-0.1, -0.05) is 45.0 Å². The second-order valence-electron chi connectivity index (χ2n) is 4.24. The van der Waals surface area contributed by atoms with E-state index in [0.29, 0.717) is 11.8 Å². The summed E-state index contributed by atoms with van der Waals surface area (Å²) >= 11 is 0. The van der Waals surface area contributed by atoms with Gasteiger partial charge < -0.3 is 5.11 Å². The van der Waals surface area contributed by atoms with E-state index in [1.54, 1.807) is 0 Å². The van der Waals surface area contributed by atoms with Gasteiger partial charge in [-0.2, -0.15) is 0 Å². The van der Waals surface area contributed by atoms with Gasteiger partial charge in [-0.25, -0.2) is 0 Å². The van der Waals surface area contributed by atoms with E-state index in [1.165, 1.54) is 11.1 Å². The molecule has 0 unspecified atom stereocenters. The van der Waals surface area contributed by atoms with Crippen molar-refractivity contribution in [3.8, 4) is 0 Å². The van der Waals surface area contributed by atoms with E-state index in [2.05, 4.69) is 45.0 Å². The maximum Gasteiger partial charge on any atom is 0.0436 e. The highest BCUT2D eigenvalue weighted by Crippen LogP contribution is 2.22. The third kappa shape index (κ3) is 2.85. The quantitative estimate of drug-likeness (QED) is 0.776. The van der Waals surface area contributed by atoms with Gasteiger partial charge in [-0.3, -0.25) is 0 Å². The molecule has 0 bridgehead atoms. The Balaban J connectivity index is 2.82. The molecular formula is C13H20O. The summed E-state index contributed by atoms with van der Waals surface area (Å²) in [7, 11) is 0. The first-order valence-electron chi connectivity index (χ1n) is 5.36. The summed E-state index contributed by atoms with van der Waals surface area (Å²) in [6.07, 6.45) is 0.849. The summed E-state index contributed by atoms with van der Waals surface area (Å²) in [5.74, 6) is 1.04. The van der Waals surface area contributed by atoms with Crippen LogP contribution in [0.3, 0.4) is 0 Å². The molecule has 1 rings (SSSR count). The van der Waals surface area contributed by atoms with Crippen LogP contribution in [0.1, 0.15) is 50.2 Å². The van der Waals surface area contributed by atoms with Gasteiger partial charge in [0.15, 0.2) is 0 Å². The first-order chi connectivity index (χ1) is 6.65. The summed E-state index contributed by atoms with van der Waals surface area (Å²) in [4.78, 5) is 0. The fraction of sp³-hybridized carbons (Fsp3) is 0.538. The van der Waals surface area contributed by atoms with E-state index in [0.717, 1.165) is 6.42 Å². The number of benzene rings is 1. The van der Waals surface area contributed by atoms with E-state index in [9.17, 15) is 0 Å². The van der Waals surface area contributed by atoms with Crippen LogP contribution in [-0.2, 0) is 0 Å². The van der Waals surface area contributed by atoms with Crippen LogP contribution >= 0.6 is 0 Å². The zero-order valence-electron chi connectivity index (χ0n) is 9.33. The first kappa shape index (κ1) is 11.3. The highest BCUT2D eigenvalue weighted by atomic mass is 16.3. The Morgan fingerprint density at radius 3 is 2.36 bits per heavy atom. The lowest BCUT2D eigenvalue weighted by atomic mass is 9.93. The van der Waals surface area contributed by atoms with Crippen LogP contribution < -0.4 is 0 Å². The highest BCUT2D eigenvalue weighted by molar-refractivity contribution is 5.27. The summed E-state index contributed by atoms with van der Waals surface area (Å²) in [6, 6.07) is 8.68. The number of aliphatic hydroxyl groups is 1. The standard InChI is InChI=1S/C13H20O/c1-10(2)12-5-4-6-13(9-12)11(3)7-8-14/h4-6,9-11,14H,7-8H2,1-3H3/t11-/m0/s1. The van der Waals surface area contributed by atoms with Gasteiger partial charge in [-0.15, -0.1) is 0 Å². The molecule has 14 heavy (non-hydrogen) atoms. The lowest BCUT2D eigenvalue weighted by Gasteiger charge is -2.13. The minimum Gasteiger partial charge on any atom is -0.396 e. The van der Waals surface area contributed by atoms with Gasteiger partial charge in [0.05, 0.1) is 0 Å². The number of hydrogen-bond acceptors (Lipinski definition) is 1. The Hall–Kier alpha value is -0.820. The van der Waals surface area contributed by atoms with Crippen LogP contribution in [0.15, 0.2) is 24.3 Å². The summed E-state index contributed by atoms with van der Waals surface area (Å²) < 4.78 is 0. The van der Waals surface area contributed by atoms with Crippen LogP contribution in [0.5, 0.6) is 0 Å². The zero-order valence-corrected chi connectivity index (χ0v) is 9.33. The molecule has 0 fully saturated rings. The molecule has 0 aliphatic heterocycles. The first-order valence-corrected chi connectivity index (χ1v) is 5.36. The molecule has 78 valence electrons. The Kier molecular flexibility index (Phi) is 4.15. The van der Waals surface area contributed by atoms with Gasteiger partial charge in [0.1, 0.15) is 0 Å². The molecule has 0 radical (unpaired) electrons. The van der Waals surface area contributed by atoms with Crippen molar-refractivity contribution >= 4 is 0 Å². The van der Waals surface area contributed by atoms with Crippen molar-refractivity contribution in [2.24, 2.45) is 0 Å². The molecule has 0 heterocycles. The molecule has 0 saturated carbocycles. The van der Waals surface area contributed by atoms with Crippen molar-refractivity contribution in [3.05, 3.63) is 35.4 Å². The average molecular weight is 192 g/mol. The number of rotatable bonds is 4. The van der Waals surface area contributed by atoms with Crippen molar-refractivity contribution in [1.29, 1.82) is 0 Å². The Morgan fingerprint density at radius 2 is 1.79 bits per heavy atom. The molecule has 1 aromatic carbocycles. The minimum absolute atomic E-state index is 0.271. The molecule has 0 aromatic heterocycles. The van der Waals surface area contributed by atoms with Crippen LogP contribution in [-0.4, -0.2) is 11.7 Å². The van der Waals surface area contributed by atoms with Gasteiger partial charge >= 0.3 is 0 Å². The SMILES string of the molecule is CC(C)c1cccc([C@@H](C)CCO)c1. The van der Waals surface area contributed by atoms with E-state index in [4.69, 9.17) is 5.11 Å². The normalized spacial score (nSPS) is 13.2. The maximum absolute atomic E-state index is 8.88. The third-order valence-electron chi connectivity index (χ3n) is 2.71. The molecular weight excluding hydrogens is 172 g/mol. The number of aliphatic hydroxyl groups excluding tert-OH is 1. The summed E-state index contributed by atoms with van der Waals surface area (Å²) in [5.41, 5.74) is 2.72. The smallest absolute Gasteiger partial charge is 0.0436 e. The molecule has 0 saturated heterocycles. The maximum atomic E-state index is 8.88. The third-order valence-corrected chi connectivity index (χ3v) is 2.71. The van der Waals surface area contributed by atoms with E-state index < -0.39 is 0 Å². The topological polar surface area (TPSA) is 20.2 Å². The van der Waals surface area contributed by atoms with Crippen LogP contribution in [0.4, 0.5) is 0 Å². The second kappa shape index (κ2) is 5.16. The van der Waals surface area contributed by atoms with Crippen molar-refractivity contribution in [2.75, 3.05) is 6.61 Å². The fourth-order valence-corrected chi connectivity index (χ4v) is 1.58. The lowest BCUT2D eigenvalue weighted by molar-refractivity contribution is 0.278. The Bertz CT molecular complexity index is 278. The monoisotopic (exact) mass is 192 g/mol. The van der Waals surface area contributed by atoms with Crippen molar-refractivity contribution in [3.63, 3.8) is 0 Å². The second-order valence-corrected chi connectivity index (χ2v) is 4.24. The molecule has 0 spiro atoms. The van der Waals surface area contributed by atoms with E-state index >= 15 is 0 Å². The predicted octanol–water partition coefficient (Wildman–Crippen LogP) is 3.30. The highest BCUT2D eigenvalue weighted by Gasteiger charge is 2.06. The molecule has 0 amide bonds. The zero-order chi connectivity index (χ0) is 10.6. The van der Waals surface area contributed by atoms with Crippen LogP contribution in [0.25, 0.3) is 0 Å². The van der Waals surface area contributed by atoms with Gasteiger partial charge in [-0.05, 0) is 29.4 Å². The molecule has 1 nitrogen and oxygen atoms in total. The molecule has 0 aliphatic rings. The molecule has 0 aliphatic carbocycles. The minimum atomic E-state index is 0.271.